The molecular weight excluding hydrogens is 523 g/mol. The van der Waals surface area contributed by atoms with E-state index >= 15 is 0 Å². The van der Waals surface area contributed by atoms with E-state index in [4.69, 9.17) is 25.8 Å². The van der Waals surface area contributed by atoms with E-state index in [0.29, 0.717) is 38.5 Å². The molecule has 0 aliphatic heterocycles. The number of ether oxygens (including phenoxy) is 3. The number of hydrogen-bond acceptors (Lipinski definition) is 7. The summed E-state index contributed by atoms with van der Waals surface area (Å²) < 4.78 is 54.4. The summed E-state index contributed by atoms with van der Waals surface area (Å²) in [6.07, 6.45) is 2.61. The molecule has 0 fully saturated rings. The number of methoxy groups -OCH3 is 3. The van der Waals surface area contributed by atoms with Crippen LogP contribution >= 0.6 is 11.6 Å². The van der Waals surface area contributed by atoms with Crippen molar-refractivity contribution < 1.29 is 31.8 Å². The Balaban J connectivity index is 1.88. The SMILES string of the molecule is COc1cc(NC(C(=O)c2c[nH]c3cc(OC)c(Cl)cc23)c2ccc(F)cc2OC)cc(S(C)(=O)=O)c1. The standard InChI is InChI=1S/C26H24ClFN2O6S/c1-34-16-8-15(9-17(10-16)37(4,32)33)30-25(18-6-5-14(28)7-23(18)35-2)26(31)20-13-29-22-12-24(36-3)21(27)11-19(20)22/h5-13,25,29-30H,1-4H3. The van der Waals surface area contributed by atoms with Gasteiger partial charge < -0.3 is 24.5 Å². The minimum Gasteiger partial charge on any atom is -0.497 e. The predicted molar refractivity (Wildman–Crippen MR) is 140 cm³/mol. The Morgan fingerprint density at radius 2 is 1.73 bits per heavy atom. The molecule has 0 radical (unpaired) electrons. The van der Waals surface area contributed by atoms with Crippen LogP contribution in [0.1, 0.15) is 22.0 Å². The lowest BCUT2D eigenvalue weighted by Gasteiger charge is -2.22. The smallest absolute Gasteiger partial charge is 0.191 e. The van der Waals surface area contributed by atoms with E-state index in [-0.39, 0.29) is 16.4 Å². The molecule has 1 unspecified atom stereocenters. The Hall–Kier alpha value is -3.76. The van der Waals surface area contributed by atoms with Crippen LogP contribution in [0.25, 0.3) is 10.9 Å². The van der Waals surface area contributed by atoms with Crippen LogP contribution in [0, 0.1) is 5.82 Å². The van der Waals surface area contributed by atoms with Crippen molar-refractivity contribution in [3.05, 3.63) is 76.7 Å². The van der Waals surface area contributed by atoms with Gasteiger partial charge in [-0.05, 0) is 30.3 Å². The highest BCUT2D eigenvalue weighted by Gasteiger charge is 2.28. The van der Waals surface area contributed by atoms with Crippen LogP contribution in [0.5, 0.6) is 17.2 Å². The Morgan fingerprint density at radius 3 is 2.38 bits per heavy atom. The van der Waals surface area contributed by atoms with Gasteiger partial charge in [-0.15, -0.1) is 0 Å². The summed E-state index contributed by atoms with van der Waals surface area (Å²) in [6.45, 7) is 0. The molecule has 11 heteroatoms. The van der Waals surface area contributed by atoms with Gasteiger partial charge in [0.2, 0.25) is 0 Å². The zero-order chi connectivity index (χ0) is 26.9. The van der Waals surface area contributed by atoms with Crippen LogP contribution in [0.4, 0.5) is 10.1 Å². The lowest BCUT2D eigenvalue weighted by Crippen LogP contribution is -2.22. The third kappa shape index (κ3) is 5.35. The lowest BCUT2D eigenvalue weighted by atomic mass is 9.95. The number of halogens is 2. The zero-order valence-electron chi connectivity index (χ0n) is 20.4. The zero-order valence-corrected chi connectivity index (χ0v) is 22.0. The number of carbonyl (C=O) groups excluding carboxylic acids is 1. The van der Waals surface area contributed by atoms with Crippen molar-refractivity contribution in [2.24, 2.45) is 0 Å². The van der Waals surface area contributed by atoms with Gasteiger partial charge in [-0.1, -0.05) is 11.6 Å². The summed E-state index contributed by atoms with van der Waals surface area (Å²) in [5, 5.41) is 3.96. The van der Waals surface area contributed by atoms with Gasteiger partial charge in [0.1, 0.15) is 29.1 Å². The Labute approximate surface area is 218 Å². The average molecular weight is 547 g/mol. The number of ketones is 1. The first-order valence-electron chi connectivity index (χ1n) is 10.9. The number of carbonyl (C=O) groups is 1. The van der Waals surface area contributed by atoms with Gasteiger partial charge in [-0.2, -0.15) is 0 Å². The van der Waals surface area contributed by atoms with Crippen molar-refractivity contribution >= 4 is 43.8 Å². The van der Waals surface area contributed by atoms with Crippen LogP contribution in [0.2, 0.25) is 5.02 Å². The monoisotopic (exact) mass is 546 g/mol. The van der Waals surface area contributed by atoms with Crippen LogP contribution < -0.4 is 19.5 Å². The number of sulfone groups is 1. The summed E-state index contributed by atoms with van der Waals surface area (Å²) in [5.74, 6) is -0.0977. The second-order valence-corrected chi connectivity index (χ2v) is 10.7. The Bertz CT molecular complexity index is 1600. The highest BCUT2D eigenvalue weighted by molar-refractivity contribution is 7.90. The molecule has 0 saturated carbocycles. The molecular formula is C26H24ClFN2O6S. The normalized spacial score (nSPS) is 12.3. The highest BCUT2D eigenvalue weighted by Crippen LogP contribution is 2.37. The fourth-order valence-electron chi connectivity index (χ4n) is 4.00. The van der Waals surface area contributed by atoms with E-state index in [1.807, 2.05) is 0 Å². The van der Waals surface area contributed by atoms with Crippen LogP contribution in [0.15, 0.2) is 59.6 Å². The molecule has 0 aliphatic carbocycles. The van der Waals surface area contributed by atoms with Crippen molar-refractivity contribution in [2.45, 2.75) is 10.9 Å². The molecule has 3 aromatic carbocycles. The second kappa shape index (κ2) is 10.3. The maximum absolute atomic E-state index is 14.0. The lowest BCUT2D eigenvalue weighted by molar-refractivity contribution is 0.0970. The average Bonchev–Trinajstić information content (AvgIpc) is 3.28. The molecule has 1 atom stereocenters. The quantitative estimate of drug-likeness (QED) is 0.270. The van der Waals surface area contributed by atoms with Gasteiger partial charge in [0.15, 0.2) is 15.6 Å². The molecule has 4 rings (SSSR count). The summed E-state index contributed by atoms with van der Waals surface area (Å²) in [5.41, 5.74) is 1.56. The van der Waals surface area contributed by atoms with E-state index in [0.717, 1.165) is 6.26 Å². The Kier molecular flexibility index (Phi) is 7.33. The molecule has 1 aromatic heterocycles. The molecule has 0 spiro atoms. The van der Waals surface area contributed by atoms with Gasteiger partial charge >= 0.3 is 0 Å². The van der Waals surface area contributed by atoms with Gasteiger partial charge in [0.25, 0.3) is 0 Å². The van der Waals surface area contributed by atoms with Gasteiger partial charge in [-0.3, -0.25) is 4.79 Å². The molecule has 1 heterocycles. The first-order valence-corrected chi connectivity index (χ1v) is 13.2. The minimum absolute atomic E-state index is 0.00223. The number of aromatic amines is 1. The first-order chi connectivity index (χ1) is 17.5. The third-order valence-corrected chi connectivity index (χ3v) is 7.23. The molecule has 4 aromatic rings. The molecule has 0 amide bonds. The number of fused-ring (bicyclic) bond motifs is 1. The first kappa shape index (κ1) is 26.3. The fourth-order valence-corrected chi connectivity index (χ4v) is 4.91. The van der Waals surface area contributed by atoms with Crippen molar-refractivity contribution in [3.8, 4) is 17.2 Å². The third-order valence-electron chi connectivity index (χ3n) is 5.84. The summed E-state index contributed by atoms with van der Waals surface area (Å²) in [6, 6.07) is 10.3. The number of hydrogen-bond donors (Lipinski definition) is 2. The van der Waals surface area contributed by atoms with E-state index in [9.17, 15) is 17.6 Å². The van der Waals surface area contributed by atoms with Crippen LogP contribution in [-0.4, -0.2) is 46.8 Å². The van der Waals surface area contributed by atoms with E-state index in [1.54, 1.807) is 24.4 Å². The Morgan fingerprint density at radius 1 is 1.00 bits per heavy atom. The summed E-state index contributed by atoms with van der Waals surface area (Å²) in [7, 11) is 0.666. The number of nitrogens with one attached hydrogen (secondary N) is 2. The maximum Gasteiger partial charge on any atom is 0.191 e. The molecule has 37 heavy (non-hydrogen) atoms. The summed E-state index contributed by atoms with van der Waals surface area (Å²) in [4.78, 5) is 17.1. The number of aromatic nitrogens is 1. The minimum atomic E-state index is -3.59. The molecule has 0 bridgehead atoms. The highest BCUT2D eigenvalue weighted by atomic mass is 35.5. The predicted octanol–water partition coefficient (Wildman–Crippen LogP) is 5.43. The molecule has 0 aliphatic rings. The fraction of sp³-hybridized carbons (Fsp3) is 0.192. The molecule has 8 nitrogen and oxygen atoms in total. The number of Topliss-reactive ketones (excluding diaryl/α,β-unsaturated/α-hetero) is 1. The van der Waals surface area contributed by atoms with Gasteiger partial charge in [0.05, 0.1) is 31.2 Å². The largest absolute Gasteiger partial charge is 0.497 e. The number of rotatable bonds is 9. The van der Waals surface area contributed by atoms with Crippen LogP contribution in [0.3, 0.4) is 0 Å². The number of H-pyrrole nitrogens is 1. The number of anilines is 1. The topological polar surface area (TPSA) is 107 Å². The van der Waals surface area contributed by atoms with Crippen molar-refractivity contribution in [1.82, 2.24) is 4.98 Å². The van der Waals surface area contributed by atoms with Crippen LogP contribution in [-0.2, 0) is 9.84 Å². The van der Waals surface area contributed by atoms with Crippen molar-refractivity contribution in [2.75, 3.05) is 32.9 Å². The van der Waals surface area contributed by atoms with E-state index in [1.165, 1.54) is 51.7 Å². The van der Waals surface area contributed by atoms with E-state index in [2.05, 4.69) is 10.3 Å². The molecule has 2 N–H and O–H groups in total. The molecule has 0 saturated heterocycles. The maximum atomic E-state index is 14.0. The second-order valence-electron chi connectivity index (χ2n) is 8.23. The van der Waals surface area contributed by atoms with Gasteiger partial charge in [0, 0.05) is 58.4 Å². The van der Waals surface area contributed by atoms with E-state index < -0.39 is 27.5 Å². The van der Waals surface area contributed by atoms with Crippen molar-refractivity contribution in [1.29, 1.82) is 0 Å². The number of benzene rings is 3. The summed E-state index contributed by atoms with van der Waals surface area (Å²) >= 11 is 6.32. The van der Waals surface area contributed by atoms with Crippen molar-refractivity contribution in [3.63, 3.8) is 0 Å². The molecule has 194 valence electrons. The van der Waals surface area contributed by atoms with Gasteiger partial charge in [-0.25, -0.2) is 12.8 Å².